The number of aryl methyl sites for hydroxylation is 1. The minimum atomic E-state index is -0.523. The molecule has 0 unspecified atom stereocenters. The van der Waals surface area contributed by atoms with E-state index in [1.54, 1.807) is 13.8 Å². The van der Waals surface area contributed by atoms with Gasteiger partial charge in [0.1, 0.15) is 5.56 Å². The molecule has 0 aromatic carbocycles. The summed E-state index contributed by atoms with van der Waals surface area (Å²) in [5, 5.41) is 14.8. The lowest BCUT2D eigenvalue weighted by Crippen LogP contribution is -2.05. The van der Waals surface area contributed by atoms with E-state index in [0.717, 1.165) is 0 Å². The van der Waals surface area contributed by atoms with Crippen molar-refractivity contribution in [2.45, 2.75) is 13.8 Å². The van der Waals surface area contributed by atoms with Crippen molar-refractivity contribution in [2.24, 2.45) is 0 Å². The van der Waals surface area contributed by atoms with Crippen molar-refractivity contribution in [3.05, 3.63) is 39.7 Å². The van der Waals surface area contributed by atoms with Crippen LogP contribution in [0.25, 0.3) is 5.52 Å². The maximum absolute atomic E-state index is 11.8. The van der Waals surface area contributed by atoms with Crippen LogP contribution < -0.4 is 0 Å². The van der Waals surface area contributed by atoms with Crippen LogP contribution in [0.1, 0.15) is 23.0 Å². The van der Waals surface area contributed by atoms with Crippen LogP contribution in [-0.4, -0.2) is 27.1 Å². The first kappa shape index (κ1) is 12.0. The fourth-order valence-corrected chi connectivity index (χ4v) is 1.72. The minimum Gasteiger partial charge on any atom is -0.462 e. The highest BCUT2D eigenvalue weighted by molar-refractivity contribution is 5.98. The van der Waals surface area contributed by atoms with Gasteiger partial charge in [-0.25, -0.2) is 9.31 Å². The van der Waals surface area contributed by atoms with E-state index in [1.165, 1.54) is 22.8 Å². The van der Waals surface area contributed by atoms with Gasteiger partial charge in [-0.3, -0.25) is 10.1 Å². The molecule has 2 aromatic heterocycles. The molecule has 2 heterocycles. The fraction of sp³-hybridized carbons (Fsp3) is 0.273. The number of aromatic nitrogens is 2. The molecule has 0 bridgehead atoms. The predicted molar refractivity (Wildman–Crippen MR) is 62.5 cm³/mol. The molecule has 0 amide bonds. The first-order valence-corrected chi connectivity index (χ1v) is 5.35. The maximum Gasteiger partial charge on any atom is 0.342 e. The molecule has 0 aliphatic heterocycles. The molecule has 0 aliphatic rings. The lowest BCUT2D eigenvalue weighted by molar-refractivity contribution is -0.384. The molecule has 0 aliphatic carbocycles. The van der Waals surface area contributed by atoms with Gasteiger partial charge in [0.25, 0.3) is 5.69 Å². The monoisotopic (exact) mass is 249 g/mol. The molecular formula is C11H11N3O4. The van der Waals surface area contributed by atoms with Crippen LogP contribution in [0.2, 0.25) is 0 Å². The average Bonchev–Trinajstić information content (AvgIpc) is 2.63. The number of ether oxygens (including phenoxy) is 1. The number of hydrogen-bond donors (Lipinski definition) is 0. The van der Waals surface area contributed by atoms with Gasteiger partial charge in [0, 0.05) is 18.3 Å². The zero-order valence-electron chi connectivity index (χ0n) is 9.91. The third-order valence-electron chi connectivity index (χ3n) is 2.48. The number of hydrogen-bond acceptors (Lipinski definition) is 5. The summed E-state index contributed by atoms with van der Waals surface area (Å²) in [5.41, 5.74) is 1.03. The minimum absolute atomic E-state index is 0.0899. The summed E-state index contributed by atoms with van der Waals surface area (Å²) < 4.78 is 6.34. The van der Waals surface area contributed by atoms with Gasteiger partial charge < -0.3 is 4.74 Å². The summed E-state index contributed by atoms with van der Waals surface area (Å²) >= 11 is 0. The Hall–Kier alpha value is -2.44. The van der Waals surface area contributed by atoms with Crippen molar-refractivity contribution >= 4 is 17.2 Å². The van der Waals surface area contributed by atoms with Crippen molar-refractivity contribution in [3.63, 3.8) is 0 Å². The third-order valence-corrected chi connectivity index (χ3v) is 2.48. The Labute approximate surface area is 102 Å². The highest BCUT2D eigenvalue weighted by Crippen LogP contribution is 2.21. The van der Waals surface area contributed by atoms with Crippen molar-refractivity contribution in [1.29, 1.82) is 0 Å². The summed E-state index contributed by atoms with van der Waals surface area (Å²) in [4.78, 5) is 22.0. The number of esters is 1. The summed E-state index contributed by atoms with van der Waals surface area (Å²) in [5.74, 6) is -0.523. The van der Waals surface area contributed by atoms with E-state index < -0.39 is 10.9 Å². The SMILES string of the molecule is CCOC(=O)c1c(C)nn2ccc([N+](=O)[O-])cc12. The molecular weight excluding hydrogens is 238 g/mol. The van der Waals surface area contributed by atoms with Crippen LogP contribution in [0.15, 0.2) is 18.3 Å². The van der Waals surface area contributed by atoms with E-state index in [4.69, 9.17) is 4.74 Å². The Bertz CT molecular complexity index is 632. The van der Waals surface area contributed by atoms with E-state index >= 15 is 0 Å². The van der Waals surface area contributed by atoms with Crippen molar-refractivity contribution in [2.75, 3.05) is 6.61 Å². The molecule has 0 spiro atoms. The molecule has 0 atom stereocenters. The summed E-state index contributed by atoms with van der Waals surface area (Å²) in [6.07, 6.45) is 1.45. The van der Waals surface area contributed by atoms with Crippen molar-refractivity contribution in [1.82, 2.24) is 9.61 Å². The number of pyridine rings is 1. The quantitative estimate of drug-likeness (QED) is 0.469. The van der Waals surface area contributed by atoms with Crippen LogP contribution in [0.5, 0.6) is 0 Å². The van der Waals surface area contributed by atoms with Gasteiger partial charge >= 0.3 is 5.97 Å². The first-order chi connectivity index (χ1) is 8.54. The molecule has 0 fully saturated rings. The van der Waals surface area contributed by atoms with E-state index in [9.17, 15) is 14.9 Å². The lowest BCUT2D eigenvalue weighted by atomic mass is 10.2. The van der Waals surface area contributed by atoms with Gasteiger partial charge in [-0.05, 0) is 13.8 Å². The molecule has 2 aromatic rings. The topological polar surface area (TPSA) is 86.7 Å². The number of nitrogens with zero attached hydrogens (tertiary/aromatic N) is 3. The molecule has 2 rings (SSSR count). The number of carbonyl (C=O) groups is 1. The molecule has 18 heavy (non-hydrogen) atoms. The molecule has 94 valence electrons. The van der Waals surface area contributed by atoms with Gasteiger partial charge in [0.05, 0.1) is 22.7 Å². The Morgan fingerprint density at radius 3 is 2.94 bits per heavy atom. The predicted octanol–water partition coefficient (Wildman–Crippen LogP) is 1.73. The zero-order chi connectivity index (χ0) is 13.3. The number of nitro groups is 1. The molecule has 0 saturated carbocycles. The maximum atomic E-state index is 11.8. The summed E-state index contributed by atoms with van der Waals surface area (Å²) in [7, 11) is 0. The smallest absolute Gasteiger partial charge is 0.342 e. The van der Waals surface area contributed by atoms with Gasteiger partial charge in [0.15, 0.2) is 0 Å². The second-order valence-electron chi connectivity index (χ2n) is 3.65. The van der Waals surface area contributed by atoms with Gasteiger partial charge in [0.2, 0.25) is 0 Å². The Morgan fingerprint density at radius 1 is 1.61 bits per heavy atom. The van der Waals surface area contributed by atoms with E-state index in [-0.39, 0.29) is 17.9 Å². The normalized spacial score (nSPS) is 10.6. The summed E-state index contributed by atoms with van der Waals surface area (Å²) in [6.45, 7) is 3.59. The third kappa shape index (κ3) is 1.90. The Kier molecular flexibility index (Phi) is 2.97. The number of fused-ring (bicyclic) bond motifs is 1. The molecule has 0 N–H and O–H groups in total. The van der Waals surface area contributed by atoms with Crippen LogP contribution in [0, 0.1) is 17.0 Å². The van der Waals surface area contributed by atoms with E-state index in [1.807, 2.05) is 0 Å². The second-order valence-corrected chi connectivity index (χ2v) is 3.65. The molecule has 7 heteroatoms. The van der Waals surface area contributed by atoms with Crippen LogP contribution in [-0.2, 0) is 4.74 Å². The fourth-order valence-electron chi connectivity index (χ4n) is 1.72. The zero-order valence-corrected chi connectivity index (χ0v) is 9.91. The van der Waals surface area contributed by atoms with E-state index in [2.05, 4.69) is 5.10 Å². The standard InChI is InChI=1S/C11H11N3O4/c1-3-18-11(15)10-7(2)12-13-5-4-8(14(16)17)6-9(10)13/h4-6H,3H2,1-2H3. The van der Waals surface area contributed by atoms with Crippen LogP contribution in [0.3, 0.4) is 0 Å². The second kappa shape index (κ2) is 4.44. The lowest BCUT2D eigenvalue weighted by Gasteiger charge is -2.00. The number of rotatable bonds is 3. The van der Waals surface area contributed by atoms with Crippen LogP contribution in [0.4, 0.5) is 5.69 Å². The largest absolute Gasteiger partial charge is 0.462 e. The number of carbonyl (C=O) groups excluding carboxylic acids is 1. The van der Waals surface area contributed by atoms with Gasteiger partial charge in [-0.15, -0.1) is 0 Å². The first-order valence-electron chi connectivity index (χ1n) is 5.35. The Balaban J connectivity index is 2.64. The Morgan fingerprint density at radius 2 is 2.33 bits per heavy atom. The highest BCUT2D eigenvalue weighted by atomic mass is 16.6. The average molecular weight is 249 g/mol. The van der Waals surface area contributed by atoms with Gasteiger partial charge in [-0.2, -0.15) is 5.10 Å². The summed E-state index contributed by atoms with van der Waals surface area (Å²) in [6, 6.07) is 2.64. The van der Waals surface area contributed by atoms with Crippen LogP contribution >= 0.6 is 0 Å². The van der Waals surface area contributed by atoms with Crippen molar-refractivity contribution < 1.29 is 14.5 Å². The van der Waals surface area contributed by atoms with Gasteiger partial charge in [-0.1, -0.05) is 0 Å². The molecule has 0 radical (unpaired) electrons. The molecule has 7 nitrogen and oxygen atoms in total. The van der Waals surface area contributed by atoms with E-state index in [0.29, 0.717) is 11.2 Å². The highest BCUT2D eigenvalue weighted by Gasteiger charge is 2.20. The molecule has 0 saturated heterocycles. The van der Waals surface area contributed by atoms with Crippen molar-refractivity contribution in [3.8, 4) is 0 Å².